The van der Waals surface area contributed by atoms with E-state index < -0.39 is 11.9 Å². The Morgan fingerprint density at radius 3 is 3.07 bits per heavy atom. The monoisotopic (exact) mass is 210 g/mol. The lowest BCUT2D eigenvalue weighted by Gasteiger charge is -2.21. The standard InChI is InChI=1S/C10H14N2O3/c1-6(10(13)14)9-7-5-12(2)4-3-8(7)11-15-9/h6H,3-5H2,1-2H3,(H,13,14). The fourth-order valence-electron chi connectivity index (χ4n) is 1.82. The predicted octanol–water partition coefficient (Wildman–Crippen LogP) is 0.851. The van der Waals surface area contributed by atoms with Crippen molar-refractivity contribution in [1.82, 2.24) is 10.1 Å². The number of fused-ring (bicyclic) bond motifs is 1. The van der Waals surface area contributed by atoms with Crippen LogP contribution in [0.3, 0.4) is 0 Å². The van der Waals surface area contributed by atoms with Crippen LogP contribution in [0.25, 0.3) is 0 Å². The van der Waals surface area contributed by atoms with E-state index in [-0.39, 0.29) is 0 Å². The van der Waals surface area contributed by atoms with Crippen molar-refractivity contribution >= 4 is 5.97 Å². The Kier molecular flexibility index (Phi) is 2.48. The molecule has 0 spiro atoms. The van der Waals surface area contributed by atoms with Crippen molar-refractivity contribution in [3.05, 3.63) is 17.0 Å². The van der Waals surface area contributed by atoms with E-state index in [4.69, 9.17) is 9.63 Å². The Morgan fingerprint density at radius 2 is 2.40 bits per heavy atom. The largest absolute Gasteiger partial charge is 0.481 e. The maximum Gasteiger partial charge on any atom is 0.314 e. The van der Waals surface area contributed by atoms with Gasteiger partial charge in [-0.2, -0.15) is 0 Å². The highest BCUT2D eigenvalue weighted by Crippen LogP contribution is 2.27. The van der Waals surface area contributed by atoms with Crippen molar-refractivity contribution in [1.29, 1.82) is 0 Å². The lowest BCUT2D eigenvalue weighted by Crippen LogP contribution is -2.27. The van der Waals surface area contributed by atoms with Crippen molar-refractivity contribution in [2.24, 2.45) is 0 Å². The van der Waals surface area contributed by atoms with E-state index in [1.807, 2.05) is 7.05 Å². The molecular weight excluding hydrogens is 196 g/mol. The van der Waals surface area contributed by atoms with Gasteiger partial charge < -0.3 is 14.5 Å². The molecule has 1 unspecified atom stereocenters. The molecule has 0 aliphatic carbocycles. The second-order valence-electron chi connectivity index (χ2n) is 4.02. The number of aromatic nitrogens is 1. The first-order chi connectivity index (χ1) is 7.09. The summed E-state index contributed by atoms with van der Waals surface area (Å²) in [6, 6.07) is 0. The van der Waals surface area contributed by atoms with Gasteiger partial charge in [0.25, 0.3) is 0 Å². The van der Waals surface area contributed by atoms with Gasteiger partial charge in [-0.25, -0.2) is 0 Å². The van der Waals surface area contributed by atoms with Gasteiger partial charge in [-0.3, -0.25) is 4.79 Å². The fourth-order valence-corrected chi connectivity index (χ4v) is 1.82. The van der Waals surface area contributed by atoms with Crippen LogP contribution in [-0.2, 0) is 17.8 Å². The quantitative estimate of drug-likeness (QED) is 0.783. The first kappa shape index (κ1) is 10.2. The molecule has 1 N–H and O–H groups in total. The zero-order valence-electron chi connectivity index (χ0n) is 8.86. The molecule has 1 atom stereocenters. The Labute approximate surface area is 87.7 Å². The van der Waals surface area contributed by atoms with Crippen LogP contribution in [0.1, 0.15) is 29.9 Å². The Bertz CT molecular complexity index is 386. The van der Waals surface area contributed by atoms with E-state index in [1.54, 1.807) is 6.92 Å². The molecule has 2 heterocycles. The number of rotatable bonds is 2. The normalized spacial score (nSPS) is 18.5. The lowest BCUT2D eigenvalue weighted by atomic mass is 9.99. The number of carbonyl (C=O) groups is 1. The van der Waals surface area contributed by atoms with Gasteiger partial charge in [0.2, 0.25) is 0 Å². The molecule has 0 saturated heterocycles. The molecule has 2 rings (SSSR count). The molecule has 0 saturated carbocycles. The van der Waals surface area contributed by atoms with Crippen LogP contribution in [0.15, 0.2) is 4.52 Å². The maximum absolute atomic E-state index is 10.9. The Balaban J connectivity index is 2.34. The highest BCUT2D eigenvalue weighted by Gasteiger charge is 2.28. The average Bonchev–Trinajstić information content (AvgIpc) is 2.59. The summed E-state index contributed by atoms with van der Waals surface area (Å²) in [5.41, 5.74) is 1.87. The maximum atomic E-state index is 10.9. The molecule has 0 aromatic carbocycles. The summed E-state index contributed by atoms with van der Waals surface area (Å²) in [6.45, 7) is 3.30. The Hall–Kier alpha value is -1.36. The van der Waals surface area contributed by atoms with Crippen LogP contribution in [0.2, 0.25) is 0 Å². The minimum Gasteiger partial charge on any atom is -0.481 e. The summed E-state index contributed by atoms with van der Waals surface area (Å²) >= 11 is 0. The zero-order valence-corrected chi connectivity index (χ0v) is 8.86. The first-order valence-electron chi connectivity index (χ1n) is 4.98. The summed E-state index contributed by atoms with van der Waals surface area (Å²) in [5, 5.41) is 12.8. The van der Waals surface area contributed by atoms with Gasteiger partial charge >= 0.3 is 5.97 Å². The molecule has 15 heavy (non-hydrogen) atoms. The summed E-state index contributed by atoms with van der Waals surface area (Å²) < 4.78 is 5.13. The number of aliphatic carboxylic acids is 1. The molecule has 1 aromatic rings. The molecule has 0 fully saturated rings. The van der Waals surface area contributed by atoms with E-state index >= 15 is 0 Å². The summed E-state index contributed by atoms with van der Waals surface area (Å²) in [5.74, 6) is -0.987. The number of carboxylic acid groups (broad SMARTS) is 1. The SMILES string of the molecule is CC(C(=O)O)c1onc2c1CN(C)CC2. The van der Waals surface area contributed by atoms with E-state index in [9.17, 15) is 4.79 Å². The molecule has 0 radical (unpaired) electrons. The van der Waals surface area contributed by atoms with Crippen molar-refractivity contribution < 1.29 is 14.4 Å². The number of likely N-dealkylation sites (N-methyl/N-ethyl adjacent to an activating group) is 1. The molecule has 5 heteroatoms. The van der Waals surface area contributed by atoms with Gasteiger partial charge in [0.1, 0.15) is 5.92 Å². The van der Waals surface area contributed by atoms with E-state index in [0.717, 1.165) is 30.8 Å². The smallest absolute Gasteiger partial charge is 0.314 e. The number of hydrogen-bond acceptors (Lipinski definition) is 4. The molecular formula is C10H14N2O3. The first-order valence-corrected chi connectivity index (χ1v) is 4.98. The topological polar surface area (TPSA) is 66.6 Å². The van der Waals surface area contributed by atoms with Crippen molar-refractivity contribution in [3.8, 4) is 0 Å². The van der Waals surface area contributed by atoms with Gasteiger partial charge in [0.05, 0.1) is 5.69 Å². The summed E-state index contributed by atoms with van der Waals surface area (Å²) in [4.78, 5) is 13.0. The number of nitrogens with zero attached hydrogens (tertiary/aromatic N) is 2. The van der Waals surface area contributed by atoms with E-state index in [0.29, 0.717) is 5.76 Å². The summed E-state index contributed by atoms with van der Waals surface area (Å²) in [7, 11) is 2.01. The van der Waals surface area contributed by atoms with Crippen LogP contribution < -0.4 is 0 Å². The molecule has 1 aromatic heterocycles. The second kappa shape index (κ2) is 3.66. The minimum absolute atomic E-state index is 0.504. The Morgan fingerprint density at radius 1 is 1.67 bits per heavy atom. The van der Waals surface area contributed by atoms with Gasteiger partial charge in [-0.05, 0) is 14.0 Å². The third-order valence-electron chi connectivity index (χ3n) is 2.82. The third kappa shape index (κ3) is 1.74. The second-order valence-corrected chi connectivity index (χ2v) is 4.02. The van der Waals surface area contributed by atoms with Gasteiger partial charge in [-0.1, -0.05) is 5.16 Å². The molecule has 1 aliphatic heterocycles. The van der Waals surface area contributed by atoms with Crippen molar-refractivity contribution in [3.63, 3.8) is 0 Å². The van der Waals surface area contributed by atoms with E-state index in [1.165, 1.54) is 0 Å². The van der Waals surface area contributed by atoms with Crippen LogP contribution >= 0.6 is 0 Å². The minimum atomic E-state index is -0.873. The van der Waals surface area contributed by atoms with Crippen molar-refractivity contribution in [2.75, 3.05) is 13.6 Å². The molecule has 1 aliphatic rings. The van der Waals surface area contributed by atoms with Gasteiger partial charge in [-0.15, -0.1) is 0 Å². The third-order valence-corrected chi connectivity index (χ3v) is 2.82. The van der Waals surface area contributed by atoms with Crippen LogP contribution in [0.5, 0.6) is 0 Å². The number of hydrogen-bond donors (Lipinski definition) is 1. The molecule has 0 amide bonds. The zero-order chi connectivity index (χ0) is 11.0. The van der Waals surface area contributed by atoms with Gasteiger partial charge in [0.15, 0.2) is 5.76 Å². The summed E-state index contributed by atoms with van der Waals surface area (Å²) in [6.07, 6.45) is 0.835. The van der Waals surface area contributed by atoms with Crippen LogP contribution in [-0.4, -0.2) is 34.7 Å². The van der Waals surface area contributed by atoms with E-state index in [2.05, 4.69) is 10.1 Å². The fraction of sp³-hybridized carbons (Fsp3) is 0.600. The molecule has 82 valence electrons. The van der Waals surface area contributed by atoms with Crippen LogP contribution in [0.4, 0.5) is 0 Å². The lowest BCUT2D eigenvalue weighted by molar-refractivity contribution is -0.138. The highest BCUT2D eigenvalue weighted by molar-refractivity contribution is 5.75. The highest BCUT2D eigenvalue weighted by atomic mass is 16.5. The van der Waals surface area contributed by atoms with Crippen molar-refractivity contribution in [2.45, 2.75) is 25.8 Å². The molecule has 0 bridgehead atoms. The molecule has 5 nitrogen and oxygen atoms in total. The van der Waals surface area contributed by atoms with Crippen LogP contribution in [0, 0.1) is 0 Å². The number of carboxylic acids is 1. The average molecular weight is 210 g/mol. The van der Waals surface area contributed by atoms with Gasteiger partial charge in [0, 0.05) is 25.1 Å². The predicted molar refractivity (Wildman–Crippen MR) is 52.6 cm³/mol.